The molecule has 0 aliphatic carbocycles. The monoisotopic (exact) mass is 284 g/mol. The minimum atomic E-state index is -0.255. The van der Waals surface area contributed by atoms with Gasteiger partial charge in [-0.3, -0.25) is 4.79 Å². The zero-order valence-electron chi connectivity index (χ0n) is 11.6. The van der Waals surface area contributed by atoms with Crippen LogP contribution in [0.15, 0.2) is 54.6 Å². The van der Waals surface area contributed by atoms with Crippen molar-refractivity contribution in [3.8, 4) is 0 Å². The molecule has 1 amide bonds. The van der Waals surface area contributed by atoms with E-state index >= 15 is 0 Å². The lowest BCUT2D eigenvalue weighted by Crippen LogP contribution is -2.23. The number of hydrogen-bond donors (Lipinski definition) is 2. The van der Waals surface area contributed by atoms with Crippen LogP contribution in [-0.2, 0) is 11.2 Å². The molecule has 2 aromatic carbocycles. The van der Waals surface area contributed by atoms with Crippen LogP contribution in [0, 0.1) is 5.82 Å². The molecular formula is C17H17FN2O. The molecule has 0 atom stereocenters. The molecule has 4 heteroatoms. The summed E-state index contributed by atoms with van der Waals surface area (Å²) in [4.78, 5) is 11.6. The van der Waals surface area contributed by atoms with Gasteiger partial charge in [0.25, 0.3) is 0 Å². The fourth-order valence-electron chi connectivity index (χ4n) is 1.82. The number of nitrogens with one attached hydrogen (secondary N) is 1. The summed E-state index contributed by atoms with van der Waals surface area (Å²) in [6.45, 7) is 0.510. The first-order valence-electron chi connectivity index (χ1n) is 6.69. The fraction of sp³-hybridized carbons (Fsp3) is 0.118. The van der Waals surface area contributed by atoms with Crippen molar-refractivity contribution in [3.05, 3.63) is 71.6 Å². The second-order valence-electron chi connectivity index (χ2n) is 4.67. The van der Waals surface area contributed by atoms with Crippen LogP contribution < -0.4 is 11.1 Å². The molecule has 2 aromatic rings. The first-order valence-corrected chi connectivity index (χ1v) is 6.69. The van der Waals surface area contributed by atoms with Gasteiger partial charge in [-0.1, -0.05) is 24.3 Å². The third-order valence-electron chi connectivity index (χ3n) is 2.99. The Bertz CT molecular complexity index is 618. The van der Waals surface area contributed by atoms with E-state index in [9.17, 15) is 9.18 Å². The van der Waals surface area contributed by atoms with Crippen molar-refractivity contribution < 1.29 is 9.18 Å². The minimum Gasteiger partial charge on any atom is -0.399 e. The summed E-state index contributed by atoms with van der Waals surface area (Å²) in [5.41, 5.74) is 8.18. The van der Waals surface area contributed by atoms with Gasteiger partial charge in [-0.05, 0) is 47.9 Å². The third kappa shape index (κ3) is 5.10. The Morgan fingerprint density at radius 2 is 1.76 bits per heavy atom. The molecule has 2 rings (SSSR count). The molecule has 0 aliphatic rings. The molecule has 0 saturated carbocycles. The highest BCUT2D eigenvalue weighted by atomic mass is 19.1. The van der Waals surface area contributed by atoms with E-state index in [1.54, 1.807) is 30.3 Å². The Morgan fingerprint density at radius 3 is 2.43 bits per heavy atom. The number of benzene rings is 2. The number of nitrogen functional groups attached to an aromatic ring is 1. The number of carbonyl (C=O) groups excluding carboxylic acids is 1. The van der Waals surface area contributed by atoms with Crippen LogP contribution in [0.1, 0.15) is 11.1 Å². The van der Waals surface area contributed by atoms with Crippen LogP contribution in [0.3, 0.4) is 0 Å². The van der Waals surface area contributed by atoms with Crippen molar-refractivity contribution in [2.45, 2.75) is 6.42 Å². The Labute approximate surface area is 123 Å². The quantitative estimate of drug-likeness (QED) is 0.655. The molecule has 0 radical (unpaired) electrons. The molecule has 3 N–H and O–H groups in total. The summed E-state index contributed by atoms with van der Waals surface area (Å²) in [6.07, 6.45) is 3.88. The Morgan fingerprint density at radius 1 is 1.10 bits per heavy atom. The van der Waals surface area contributed by atoms with Crippen molar-refractivity contribution in [2.75, 3.05) is 12.3 Å². The van der Waals surface area contributed by atoms with E-state index in [4.69, 9.17) is 5.73 Å². The summed E-state index contributed by atoms with van der Waals surface area (Å²) >= 11 is 0. The summed E-state index contributed by atoms with van der Waals surface area (Å²) in [5, 5.41) is 2.78. The first kappa shape index (κ1) is 14.8. The molecule has 0 heterocycles. The van der Waals surface area contributed by atoms with Crippen LogP contribution in [0.2, 0.25) is 0 Å². The molecule has 3 nitrogen and oxygen atoms in total. The highest BCUT2D eigenvalue weighted by Gasteiger charge is 1.97. The van der Waals surface area contributed by atoms with Gasteiger partial charge in [0.05, 0.1) is 0 Å². The normalized spacial score (nSPS) is 10.7. The molecule has 0 fully saturated rings. The summed E-state index contributed by atoms with van der Waals surface area (Å²) in [5.74, 6) is -0.414. The Hall–Kier alpha value is -2.62. The van der Waals surface area contributed by atoms with Crippen LogP contribution >= 0.6 is 0 Å². The number of anilines is 1. The van der Waals surface area contributed by atoms with E-state index in [-0.39, 0.29) is 11.7 Å². The van der Waals surface area contributed by atoms with Gasteiger partial charge in [-0.15, -0.1) is 0 Å². The standard InChI is InChI=1S/C17H17FN2O/c18-15-6-1-14(2-7-15)11-12-20-17(21)10-5-13-3-8-16(19)9-4-13/h1-10H,11-12,19H2,(H,20,21)/b10-5+. The van der Waals surface area contributed by atoms with Gasteiger partial charge < -0.3 is 11.1 Å². The summed E-state index contributed by atoms with van der Waals surface area (Å²) in [6, 6.07) is 13.5. The zero-order chi connectivity index (χ0) is 15.1. The zero-order valence-corrected chi connectivity index (χ0v) is 11.6. The number of rotatable bonds is 5. The number of amides is 1. The lowest BCUT2D eigenvalue weighted by molar-refractivity contribution is -0.116. The van der Waals surface area contributed by atoms with Gasteiger partial charge in [-0.2, -0.15) is 0 Å². The van der Waals surface area contributed by atoms with Gasteiger partial charge in [0.15, 0.2) is 0 Å². The molecular weight excluding hydrogens is 267 g/mol. The van der Waals surface area contributed by atoms with Crippen LogP contribution in [0.25, 0.3) is 6.08 Å². The third-order valence-corrected chi connectivity index (χ3v) is 2.99. The van der Waals surface area contributed by atoms with Crippen LogP contribution in [0.5, 0.6) is 0 Å². The van der Waals surface area contributed by atoms with E-state index in [1.165, 1.54) is 18.2 Å². The number of halogens is 1. The van der Waals surface area contributed by atoms with Crippen molar-refractivity contribution in [3.63, 3.8) is 0 Å². The molecule has 0 aliphatic heterocycles. The predicted octanol–water partition coefficient (Wildman–Crippen LogP) is 2.78. The van der Waals surface area contributed by atoms with Crippen molar-refractivity contribution in [1.29, 1.82) is 0 Å². The molecule has 0 aromatic heterocycles. The number of hydrogen-bond acceptors (Lipinski definition) is 2. The van der Waals surface area contributed by atoms with Gasteiger partial charge in [-0.25, -0.2) is 4.39 Å². The molecule has 0 spiro atoms. The fourth-order valence-corrected chi connectivity index (χ4v) is 1.82. The van der Waals surface area contributed by atoms with E-state index < -0.39 is 0 Å². The van der Waals surface area contributed by atoms with Crippen LogP contribution in [-0.4, -0.2) is 12.5 Å². The second-order valence-corrected chi connectivity index (χ2v) is 4.67. The van der Waals surface area contributed by atoms with E-state index in [1.807, 2.05) is 12.1 Å². The molecule has 21 heavy (non-hydrogen) atoms. The van der Waals surface area contributed by atoms with Gasteiger partial charge >= 0.3 is 0 Å². The van der Waals surface area contributed by atoms with Gasteiger partial charge in [0.2, 0.25) is 5.91 Å². The van der Waals surface area contributed by atoms with Crippen molar-refractivity contribution >= 4 is 17.7 Å². The second kappa shape index (κ2) is 7.24. The molecule has 0 unspecified atom stereocenters. The highest BCUT2D eigenvalue weighted by Crippen LogP contribution is 2.07. The lowest BCUT2D eigenvalue weighted by Gasteiger charge is -2.02. The summed E-state index contributed by atoms with van der Waals surface area (Å²) in [7, 11) is 0. The first-order chi connectivity index (χ1) is 10.1. The van der Waals surface area contributed by atoms with E-state index in [2.05, 4.69) is 5.32 Å². The lowest BCUT2D eigenvalue weighted by atomic mass is 10.1. The van der Waals surface area contributed by atoms with Crippen molar-refractivity contribution in [1.82, 2.24) is 5.32 Å². The van der Waals surface area contributed by atoms with Crippen molar-refractivity contribution in [2.24, 2.45) is 0 Å². The molecule has 0 saturated heterocycles. The Balaban J connectivity index is 1.77. The molecule has 108 valence electrons. The topological polar surface area (TPSA) is 55.1 Å². The van der Waals surface area contributed by atoms with E-state index in [0.29, 0.717) is 18.7 Å². The minimum absolute atomic E-state index is 0.158. The maximum absolute atomic E-state index is 12.7. The average Bonchev–Trinajstić information content (AvgIpc) is 2.49. The largest absolute Gasteiger partial charge is 0.399 e. The average molecular weight is 284 g/mol. The van der Waals surface area contributed by atoms with Crippen LogP contribution in [0.4, 0.5) is 10.1 Å². The van der Waals surface area contributed by atoms with E-state index in [0.717, 1.165) is 11.1 Å². The SMILES string of the molecule is Nc1ccc(/C=C/C(=O)NCCc2ccc(F)cc2)cc1. The maximum atomic E-state index is 12.7. The van der Waals surface area contributed by atoms with Gasteiger partial charge in [0.1, 0.15) is 5.82 Å². The van der Waals surface area contributed by atoms with Gasteiger partial charge in [0, 0.05) is 18.3 Å². The maximum Gasteiger partial charge on any atom is 0.244 e. The smallest absolute Gasteiger partial charge is 0.244 e. The summed E-state index contributed by atoms with van der Waals surface area (Å²) < 4.78 is 12.7. The number of nitrogens with two attached hydrogens (primary N) is 1. The highest BCUT2D eigenvalue weighted by molar-refractivity contribution is 5.91. The predicted molar refractivity (Wildman–Crippen MR) is 83.0 cm³/mol. The molecule has 0 bridgehead atoms. The number of carbonyl (C=O) groups is 1. The Kier molecular flexibility index (Phi) is 5.10.